The molecule has 6 heteroatoms. The number of pyridine rings is 1. The number of anilines is 3. The van der Waals surface area contributed by atoms with Gasteiger partial charge in [0.1, 0.15) is 11.5 Å². The fourth-order valence-electron chi connectivity index (χ4n) is 2.11. The summed E-state index contributed by atoms with van der Waals surface area (Å²) in [6.45, 7) is 3.78. The molecule has 3 aromatic rings. The van der Waals surface area contributed by atoms with Crippen molar-refractivity contribution < 1.29 is 9.32 Å². The Hall–Kier alpha value is -3.15. The molecule has 2 N–H and O–H groups in total. The van der Waals surface area contributed by atoms with Gasteiger partial charge < -0.3 is 15.2 Å². The molecule has 0 fully saturated rings. The second-order valence-electron chi connectivity index (χ2n) is 5.15. The SMILES string of the molecule is Cc1cc(NC(=O)c2cc(Nc3ccccc3C)ccn2)no1. The third-order valence-corrected chi connectivity index (χ3v) is 3.29. The lowest BCUT2D eigenvalue weighted by molar-refractivity contribution is 0.102. The molecular formula is C17H16N4O2. The zero-order valence-corrected chi connectivity index (χ0v) is 12.8. The van der Waals surface area contributed by atoms with Crippen molar-refractivity contribution in [3.05, 3.63) is 65.7 Å². The first kappa shape index (κ1) is 14.8. The van der Waals surface area contributed by atoms with Crippen LogP contribution in [-0.4, -0.2) is 16.0 Å². The minimum absolute atomic E-state index is 0.296. The predicted molar refractivity (Wildman–Crippen MR) is 87.9 cm³/mol. The van der Waals surface area contributed by atoms with Crippen molar-refractivity contribution in [1.82, 2.24) is 10.1 Å². The van der Waals surface area contributed by atoms with Crippen LogP contribution in [0.3, 0.4) is 0 Å². The number of carbonyl (C=O) groups is 1. The maximum absolute atomic E-state index is 12.2. The summed E-state index contributed by atoms with van der Waals surface area (Å²) in [7, 11) is 0. The summed E-state index contributed by atoms with van der Waals surface area (Å²) < 4.78 is 4.92. The Morgan fingerprint density at radius 1 is 1.13 bits per heavy atom. The summed E-state index contributed by atoms with van der Waals surface area (Å²) >= 11 is 0. The molecule has 0 saturated carbocycles. The van der Waals surface area contributed by atoms with Gasteiger partial charge in [-0.1, -0.05) is 23.4 Å². The van der Waals surface area contributed by atoms with Gasteiger partial charge in [-0.25, -0.2) is 0 Å². The van der Waals surface area contributed by atoms with E-state index in [2.05, 4.69) is 20.8 Å². The van der Waals surface area contributed by atoms with Gasteiger partial charge in [-0.2, -0.15) is 0 Å². The Kier molecular flexibility index (Phi) is 4.05. The van der Waals surface area contributed by atoms with E-state index in [0.29, 0.717) is 17.3 Å². The number of rotatable bonds is 4. The highest BCUT2D eigenvalue weighted by Crippen LogP contribution is 2.20. The van der Waals surface area contributed by atoms with Gasteiger partial charge in [0.15, 0.2) is 5.82 Å². The number of amides is 1. The summed E-state index contributed by atoms with van der Waals surface area (Å²) in [6.07, 6.45) is 1.59. The van der Waals surface area contributed by atoms with Crippen LogP contribution >= 0.6 is 0 Å². The number of carbonyl (C=O) groups excluding carboxylic acids is 1. The zero-order chi connectivity index (χ0) is 16.2. The molecule has 2 heterocycles. The monoisotopic (exact) mass is 308 g/mol. The van der Waals surface area contributed by atoms with Crippen LogP contribution in [0.5, 0.6) is 0 Å². The van der Waals surface area contributed by atoms with Gasteiger partial charge in [0.25, 0.3) is 5.91 Å². The van der Waals surface area contributed by atoms with E-state index in [-0.39, 0.29) is 5.91 Å². The smallest absolute Gasteiger partial charge is 0.275 e. The number of nitrogens with zero attached hydrogens (tertiary/aromatic N) is 2. The molecule has 6 nitrogen and oxygen atoms in total. The zero-order valence-electron chi connectivity index (χ0n) is 12.8. The lowest BCUT2D eigenvalue weighted by Crippen LogP contribution is -2.14. The van der Waals surface area contributed by atoms with Gasteiger partial charge in [-0.05, 0) is 37.6 Å². The van der Waals surface area contributed by atoms with Crippen LogP contribution in [0.15, 0.2) is 53.2 Å². The molecule has 0 atom stereocenters. The maximum atomic E-state index is 12.2. The highest BCUT2D eigenvalue weighted by Gasteiger charge is 2.11. The summed E-state index contributed by atoms with van der Waals surface area (Å²) in [5, 5.41) is 9.66. The molecule has 0 bridgehead atoms. The predicted octanol–water partition coefficient (Wildman–Crippen LogP) is 3.68. The van der Waals surface area contributed by atoms with Gasteiger partial charge in [0.2, 0.25) is 0 Å². The topological polar surface area (TPSA) is 80.0 Å². The molecule has 3 rings (SSSR count). The van der Waals surface area contributed by atoms with Gasteiger partial charge in [0, 0.05) is 23.6 Å². The number of aromatic nitrogens is 2. The quantitative estimate of drug-likeness (QED) is 0.768. The van der Waals surface area contributed by atoms with Crippen molar-refractivity contribution in [3.8, 4) is 0 Å². The molecule has 116 valence electrons. The summed E-state index contributed by atoms with van der Waals surface area (Å²) in [5.41, 5.74) is 3.19. The Morgan fingerprint density at radius 2 is 1.96 bits per heavy atom. The van der Waals surface area contributed by atoms with Gasteiger partial charge in [-0.15, -0.1) is 0 Å². The van der Waals surface area contributed by atoms with Crippen molar-refractivity contribution in [2.24, 2.45) is 0 Å². The minimum Gasteiger partial charge on any atom is -0.360 e. The number of benzene rings is 1. The van der Waals surface area contributed by atoms with Crippen LogP contribution < -0.4 is 10.6 Å². The van der Waals surface area contributed by atoms with E-state index < -0.39 is 0 Å². The van der Waals surface area contributed by atoms with Crippen LogP contribution in [0, 0.1) is 13.8 Å². The molecule has 1 aromatic carbocycles. The van der Waals surface area contributed by atoms with Crippen LogP contribution in [0.4, 0.5) is 17.2 Å². The lowest BCUT2D eigenvalue weighted by Gasteiger charge is -2.10. The normalized spacial score (nSPS) is 10.3. The number of hydrogen-bond donors (Lipinski definition) is 2. The summed E-state index contributed by atoms with van der Waals surface area (Å²) in [6, 6.07) is 13.1. The molecule has 0 unspecified atom stereocenters. The van der Waals surface area contributed by atoms with Gasteiger partial charge in [0.05, 0.1) is 0 Å². The van der Waals surface area contributed by atoms with Crippen molar-refractivity contribution >= 4 is 23.1 Å². The first-order valence-electron chi connectivity index (χ1n) is 7.15. The third-order valence-electron chi connectivity index (χ3n) is 3.29. The van der Waals surface area contributed by atoms with Crippen molar-refractivity contribution in [3.63, 3.8) is 0 Å². The van der Waals surface area contributed by atoms with E-state index in [1.54, 1.807) is 25.3 Å². The van der Waals surface area contributed by atoms with E-state index in [9.17, 15) is 4.79 Å². The lowest BCUT2D eigenvalue weighted by atomic mass is 10.2. The molecule has 2 aromatic heterocycles. The standard InChI is InChI=1S/C17H16N4O2/c1-11-5-3-4-6-14(11)19-13-7-8-18-15(10-13)17(22)20-16-9-12(2)23-21-16/h3-10H,1-2H3,(H,18,19)(H,20,21,22). The largest absolute Gasteiger partial charge is 0.360 e. The van der Waals surface area contributed by atoms with Crippen LogP contribution in [0.2, 0.25) is 0 Å². The highest BCUT2D eigenvalue weighted by atomic mass is 16.5. The van der Waals surface area contributed by atoms with Crippen LogP contribution in [0.1, 0.15) is 21.8 Å². The summed E-state index contributed by atoms with van der Waals surface area (Å²) in [4.78, 5) is 16.3. The minimum atomic E-state index is -0.341. The number of para-hydroxylation sites is 1. The van der Waals surface area contributed by atoms with Crippen molar-refractivity contribution in [2.45, 2.75) is 13.8 Å². The molecule has 0 aliphatic heterocycles. The van der Waals surface area contributed by atoms with Crippen LogP contribution in [0.25, 0.3) is 0 Å². The van der Waals surface area contributed by atoms with Crippen molar-refractivity contribution in [2.75, 3.05) is 10.6 Å². The molecule has 23 heavy (non-hydrogen) atoms. The Labute approximate surface area is 133 Å². The Bertz CT molecular complexity index is 842. The first-order chi connectivity index (χ1) is 11.1. The second-order valence-corrected chi connectivity index (χ2v) is 5.15. The molecule has 0 aliphatic rings. The van der Waals surface area contributed by atoms with Gasteiger partial charge in [-0.3, -0.25) is 9.78 Å². The van der Waals surface area contributed by atoms with E-state index in [4.69, 9.17) is 4.52 Å². The molecule has 0 spiro atoms. The third kappa shape index (κ3) is 3.55. The molecular weight excluding hydrogens is 292 g/mol. The fourth-order valence-corrected chi connectivity index (χ4v) is 2.11. The molecule has 0 aliphatic carbocycles. The highest BCUT2D eigenvalue weighted by molar-refractivity contribution is 6.02. The summed E-state index contributed by atoms with van der Waals surface area (Å²) in [5.74, 6) is 0.654. The van der Waals surface area contributed by atoms with Crippen molar-refractivity contribution in [1.29, 1.82) is 0 Å². The molecule has 1 amide bonds. The fraction of sp³-hybridized carbons (Fsp3) is 0.118. The average Bonchev–Trinajstić information content (AvgIpc) is 2.95. The average molecular weight is 308 g/mol. The number of nitrogens with one attached hydrogen (secondary N) is 2. The number of aryl methyl sites for hydroxylation is 2. The molecule has 0 saturated heterocycles. The second kappa shape index (κ2) is 6.31. The van der Waals surface area contributed by atoms with Crippen LogP contribution in [-0.2, 0) is 0 Å². The van der Waals surface area contributed by atoms with E-state index in [1.807, 2.05) is 37.3 Å². The van der Waals surface area contributed by atoms with E-state index in [1.165, 1.54) is 0 Å². The Morgan fingerprint density at radius 3 is 2.70 bits per heavy atom. The van der Waals surface area contributed by atoms with Gasteiger partial charge >= 0.3 is 0 Å². The maximum Gasteiger partial charge on any atom is 0.275 e. The Balaban J connectivity index is 1.77. The number of hydrogen-bond acceptors (Lipinski definition) is 5. The van der Waals surface area contributed by atoms with E-state index in [0.717, 1.165) is 16.9 Å². The molecule has 0 radical (unpaired) electrons. The first-order valence-corrected chi connectivity index (χ1v) is 7.15. The van der Waals surface area contributed by atoms with E-state index >= 15 is 0 Å².